The second-order valence-electron chi connectivity index (χ2n) is 6.90. The van der Waals surface area contributed by atoms with E-state index in [1.807, 2.05) is 0 Å². The van der Waals surface area contributed by atoms with Crippen molar-refractivity contribution in [2.45, 2.75) is 25.3 Å². The standard InChI is InChI=1S/C20H20N6O7/c21-20-25-16-15(18(30)26-20)23-11(9-22-16)7-8-33-12-3-1-10(2-4-12)17(29)24-13(19(31)32)5-6-14(27)28/h1-4,9,13H,5-8H2,(H,24,29)(H,27,28)(H,31,32)(H3,21,22,25,26,30). The number of fused-ring (bicyclic) bond motifs is 1. The van der Waals surface area contributed by atoms with Crippen LogP contribution in [0.2, 0.25) is 0 Å². The molecule has 1 atom stereocenters. The number of carbonyl (C=O) groups is 3. The second-order valence-corrected chi connectivity index (χ2v) is 6.90. The third-order valence-corrected chi connectivity index (χ3v) is 4.48. The fourth-order valence-corrected chi connectivity index (χ4v) is 2.83. The third kappa shape index (κ3) is 6.22. The van der Waals surface area contributed by atoms with Gasteiger partial charge in [0.1, 0.15) is 11.8 Å². The molecule has 0 bridgehead atoms. The number of hydrogen-bond donors (Lipinski definition) is 5. The van der Waals surface area contributed by atoms with Crippen molar-refractivity contribution in [3.63, 3.8) is 0 Å². The number of ether oxygens (including phenoxy) is 1. The van der Waals surface area contributed by atoms with E-state index in [9.17, 15) is 19.2 Å². The zero-order valence-corrected chi connectivity index (χ0v) is 17.1. The summed E-state index contributed by atoms with van der Waals surface area (Å²) < 4.78 is 5.61. The molecule has 2 aromatic heterocycles. The normalized spacial score (nSPS) is 11.6. The maximum atomic E-state index is 12.3. The van der Waals surface area contributed by atoms with Crippen LogP contribution in [0.4, 0.5) is 5.95 Å². The highest BCUT2D eigenvalue weighted by Crippen LogP contribution is 2.13. The van der Waals surface area contributed by atoms with Gasteiger partial charge < -0.3 is 26.0 Å². The summed E-state index contributed by atoms with van der Waals surface area (Å²) in [5.74, 6) is -2.71. The Morgan fingerprint density at radius 3 is 2.55 bits per heavy atom. The minimum absolute atomic E-state index is 0.0475. The van der Waals surface area contributed by atoms with Crippen LogP contribution in [0.3, 0.4) is 0 Å². The number of aliphatic carboxylic acids is 2. The van der Waals surface area contributed by atoms with Gasteiger partial charge in [0.15, 0.2) is 11.2 Å². The van der Waals surface area contributed by atoms with Crippen LogP contribution in [0, 0.1) is 0 Å². The number of amides is 1. The summed E-state index contributed by atoms with van der Waals surface area (Å²) in [4.78, 5) is 60.5. The number of H-pyrrole nitrogens is 1. The number of nitrogens with one attached hydrogen (secondary N) is 2. The summed E-state index contributed by atoms with van der Waals surface area (Å²) >= 11 is 0. The Morgan fingerprint density at radius 1 is 1.15 bits per heavy atom. The highest BCUT2D eigenvalue weighted by molar-refractivity contribution is 5.96. The van der Waals surface area contributed by atoms with E-state index in [-0.39, 0.29) is 42.1 Å². The number of carboxylic acids is 2. The van der Waals surface area contributed by atoms with Crippen LogP contribution in [0.1, 0.15) is 28.9 Å². The third-order valence-electron chi connectivity index (χ3n) is 4.48. The number of anilines is 1. The number of nitrogens with zero attached hydrogens (tertiary/aromatic N) is 3. The summed E-state index contributed by atoms with van der Waals surface area (Å²) in [7, 11) is 0. The molecule has 13 heteroatoms. The van der Waals surface area contributed by atoms with Gasteiger partial charge in [0.2, 0.25) is 5.95 Å². The van der Waals surface area contributed by atoms with E-state index in [2.05, 4.69) is 25.3 Å². The lowest BCUT2D eigenvalue weighted by atomic mass is 10.1. The average Bonchev–Trinajstić information content (AvgIpc) is 2.77. The molecule has 6 N–H and O–H groups in total. The molecule has 1 aromatic carbocycles. The highest BCUT2D eigenvalue weighted by Gasteiger charge is 2.21. The molecule has 0 saturated heterocycles. The molecular formula is C20H20N6O7. The van der Waals surface area contributed by atoms with Crippen molar-refractivity contribution in [2.75, 3.05) is 12.3 Å². The number of hydrogen-bond acceptors (Lipinski definition) is 9. The van der Waals surface area contributed by atoms with E-state index >= 15 is 0 Å². The number of aromatic amines is 1. The summed E-state index contributed by atoms with van der Waals surface area (Å²) in [5.41, 5.74) is 5.89. The first-order valence-corrected chi connectivity index (χ1v) is 9.72. The van der Waals surface area contributed by atoms with Crippen molar-refractivity contribution in [2.24, 2.45) is 0 Å². The smallest absolute Gasteiger partial charge is 0.326 e. The fraction of sp³-hybridized carbons (Fsp3) is 0.250. The van der Waals surface area contributed by atoms with Gasteiger partial charge in [-0.15, -0.1) is 0 Å². The van der Waals surface area contributed by atoms with E-state index in [1.54, 1.807) is 0 Å². The maximum Gasteiger partial charge on any atom is 0.326 e. The lowest BCUT2D eigenvalue weighted by Crippen LogP contribution is -2.41. The molecular weight excluding hydrogens is 436 g/mol. The molecule has 0 spiro atoms. The lowest BCUT2D eigenvalue weighted by Gasteiger charge is -2.14. The second kappa shape index (κ2) is 10.2. The van der Waals surface area contributed by atoms with Gasteiger partial charge in [0.25, 0.3) is 11.5 Å². The van der Waals surface area contributed by atoms with E-state index in [0.29, 0.717) is 17.9 Å². The molecule has 0 radical (unpaired) electrons. The molecule has 1 amide bonds. The Bertz CT molecular complexity index is 1240. The van der Waals surface area contributed by atoms with Gasteiger partial charge in [-0.3, -0.25) is 19.4 Å². The van der Waals surface area contributed by atoms with E-state index < -0.39 is 29.4 Å². The number of carboxylic acid groups (broad SMARTS) is 2. The number of aromatic nitrogens is 4. The average molecular weight is 456 g/mol. The van der Waals surface area contributed by atoms with Crippen molar-refractivity contribution in [1.29, 1.82) is 0 Å². The predicted octanol–water partition coefficient (Wildman–Crippen LogP) is -0.0354. The minimum Gasteiger partial charge on any atom is -0.493 e. The first-order chi connectivity index (χ1) is 15.7. The molecule has 3 aromatic rings. The summed E-state index contributed by atoms with van der Waals surface area (Å²) in [6.07, 6.45) is 1.20. The Kier molecular flexibility index (Phi) is 7.13. The van der Waals surface area contributed by atoms with E-state index in [4.69, 9.17) is 20.7 Å². The van der Waals surface area contributed by atoms with Crippen molar-refractivity contribution >= 4 is 35.0 Å². The van der Waals surface area contributed by atoms with Gasteiger partial charge in [0.05, 0.1) is 18.5 Å². The van der Waals surface area contributed by atoms with Gasteiger partial charge in [0, 0.05) is 18.4 Å². The van der Waals surface area contributed by atoms with Crippen molar-refractivity contribution < 1.29 is 29.3 Å². The van der Waals surface area contributed by atoms with Gasteiger partial charge in [-0.2, -0.15) is 4.98 Å². The first-order valence-electron chi connectivity index (χ1n) is 9.72. The Hall–Kier alpha value is -4.55. The van der Waals surface area contributed by atoms with Gasteiger partial charge in [-0.05, 0) is 30.7 Å². The van der Waals surface area contributed by atoms with Crippen LogP contribution < -0.4 is 21.3 Å². The topological polar surface area (TPSA) is 210 Å². The first kappa shape index (κ1) is 23.1. The van der Waals surface area contributed by atoms with Crippen LogP contribution in [-0.2, 0) is 16.0 Å². The van der Waals surface area contributed by atoms with Gasteiger partial charge in [-0.25, -0.2) is 14.8 Å². The number of nitrogens with two attached hydrogens (primary N) is 1. The Morgan fingerprint density at radius 2 is 1.88 bits per heavy atom. The molecule has 172 valence electrons. The van der Waals surface area contributed by atoms with Crippen molar-refractivity contribution in [3.8, 4) is 5.75 Å². The molecule has 33 heavy (non-hydrogen) atoms. The molecule has 0 aliphatic carbocycles. The van der Waals surface area contributed by atoms with Crippen LogP contribution in [0.15, 0.2) is 35.3 Å². The largest absolute Gasteiger partial charge is 0.493 e. The summed E-state index contributed by atoms with van der Waals surface area (Å²) in [5, 5.41) is 20.1. The zero-order valence-electron chi connectivity index (χ0n) is 17.1. The molecule has 0 aliphatic rings. The molecule has 1 unspecified atom stereocenters. The molecule has 2 heterocycles. The molecule has 13 nitrogen and oxygen atoms in total. The summed E-state index contributed by atoms with van der Waals surface area (Å²) in [6, 6.07) is 4.65. The number of benzene rings is 1. The lowest BCUT2D eigenvalue weighted by molar-refractivity contribution is -0.140. The Balaban J connectivity index is 1.55. The molecule has 3 rings (SSSR count). The van der Waals surface area contributed by atoms with Crippen LogP contribution in [0.5, 0.6) is 5.75 Å². The van der Waals surface area contributed by atoms with Gasteiger partial charge in [-0.1, -0.05) is 0 Å². The molecule has 0 saturated carbocycles. The maximum absolute atomic E-state index is 12.3. The van der Waals surface area contributed by atoms with Gasteiger partial charge >= 0.3 is 11.9 Å². The van der Waals surface area contributed by atoms with Crippen LogP contribution in [-0.4, -0.2) is 60.6 Å². The number of rotatable bonds is 10. The quantitative estimate of drug-likeness (QED) is 0.273. The minimum atomic E-state index is -1.32. The molecule has 0 fully saturated rings. The number of nitrogen functional groups attached to an aromatic ring is 1. The van der Waals surface area contributed by atoms with Crippen molar-refractivity contribution in [1.82, 2.24) is 25.3 Å². The highest BCUT2D eigenvalue weighted by atomic mass is 16.5. The molecule has 0 aliphatic heterocycles. The number of carbonyl (C=O) groups excluding carboxylic acids is 1. The van der Waals surface area contributed by atoms with E-state index in [1.165, 1.54) is 30.5 Å². The SMILES string of the molecule is Nc1nc2ncc(CCOc3ccc(C(=O)NC(CCC(=O)O)C(=O)O)cc3)nc2c(=O)[nH]1. The van der Waals surface area contributed by atoms with Crippen molar-refractivity contribution in [3.05, 3.63) is 52.1 Å². The fourth-order valence-electron chi connectivity index (χ4n) is 2.83. The monoisotopic (exact) mass is 456 g/mol. The van der Waals surface area contributed by atoms with Crippen LogP contribution >= 0.6 is 0 Å². The predicted molar refractivity (Wildman–Crippen MR) is 114 cm³/mol. The zero-order chi connectivity index (χ0) is 24.0. The Labute approximate surface area is 185 Å². The summed E-state index contributed by atoms with van der Waals surface area (Å²) in [6.45, 7) is 0.211. The van der Waals surface area contributed by atoms with Crippen LogP contribution in [0.25, 0.3) is 11.2 Å². The van der Waals surface area contributed by atoms with E-state index in [0.717, 1.165) is 0 Å².